The summed E-state index contributed by atoms with van der Waals surface area (Å²) in [6.45, 7) is 5.23. The number of hydrogen-bond donors (Lipinski definition) is 1. The summed E-state index contributed by atoms with van der Waals surface area (Å²) in [5.74, 6) is 0.483. The molecule has 3 heteroatoms. The van der Waals surface area contributed by atoms with Crippen LogP contribution in [0.4, 0.5) is 4.39 Å². The van der Waals surface area contributed by atoms with E-state index in [0.717, 1.165) is 0 Å². The molecule has 0 aromatic carbocycles. The van der Waals surface area contributed by atoms with Gasteiger partial charge < -0.3 is 5.32 Å². The second-order valence-electron chi connectivity index (χ2n) is 3.35. The molecular formula is C7H15ClFN. The van der Waals surface area contributed by atoms with Crippen molar-refractivity contribution in [3.63, 3.8) is 0 Å². The maximum Gasteiger partial charge on any atom is 0.136 e. The Hall–Kier alpha value is 0.180. The maximum absolute atomic E-state index is 13.1. The first-order valence-electron chi connectivity index (χ1n) is 3.52. The second-order valence-corrected chi connectivity index (χ2v) is 3.35. The molecule has 1 fully saturated rings. The van der Waals surface area contributed by atoms with Crippen LogP contribution in [-0.2, 0) is 0 Å². The lowest BCUT2D eigenvalue weighted by atomic mass is 9.89. The first kappa shape index (κ1) is 10.2. The largest absolute Gasteiger partial charge is 0.310 e. The lowest BCUT2D eigenvalue weighted by molar-refractivity contribution is 0.0662. The number of nitrogens with one attached hydrogen (secondary N) is 1. The standard InChI is InChI=1S/C7H14FN.ClH/c1-6(2)3-7(8)4-9-5-7;/h6,9H,3-5H2,1-2H3;1H. The van der Waals surface area contributed by atoms with Gasteiger partial charge in [-0.2, -0.15) is 0 Å². The molecule has 1 rings (SSSR count). The smallest absolute Gasteiger partial charge is 0.136 e. The van der Waals surface area contributed by atoms with Gasteiger partial charge in [-0.05, 0) is 12.3 Å². The zero-order valence-electron chi connectivity index (χ0n) is 6.48. The molecule has 0 radical (unpaired) electrons. The van der Waals surface area contributed by atoms with Crippen molar-refractivity contribution in [1.82, 2.24) is 5.32 Å². The van der Waals surface area contributed by atoms with Crippen molar-refractivity contribution in [2.75, 3.05) is 13.1 Å². The van der Waals surface area contributed by atoms with Crippen molar-refractivity contribution in [1.29, 1.82) is 0 Å². The molecule has 1 saturated heterocycles. The molecular weight excluding hydrogens is 153 g/mol. The van der Waals surface area contributed by atoms with E-state index in [1.54, 1.807) is 0 Å². The van der Waals surface area contributed by atoms with Crippen LogP contribution in [0.2, 0.25) is 0 Å². The van der Waals surface area contributed by atoms with E-state index in [4.69, 9.17) is 0 Å². The van der Waals surface area contributed by atoms with Gasteiger partial charge in [-0.15, -0.1) is 12.4 Å². The van der Waals surface area contributed by atoms with E-state index in [1.165, 1.54) is 0 Å². The summed E-state index contributed by atoms with van der Waals surface area (Å²) in [6.07, 6.45) is 0.708. The van der Waals surface area contributed by atoms with E-state index in [0.29, 0.717) is 25.4 Å². The Balaban J connectivity index is 0.000000810. The highest BCUT2D eigenvalue weighted by molar-refractivity contribution is 5.85. The molecule has 0 aromatic rings. The van der Waals surface area contributed by atoms with Gasteiger partial charge >= 0.3 is 0 Å². The first-order valence-corrected chi connectivity index (χ1v) is 3.52. The SMILES string of the molecule is CC(C)CC1(F)CNC1.Cl. The Kier molecular flexibility index (Phi) is 3.60. The summed E-state index contributed by atoms with van der Waals surface area (Å²) in [4.78, 5) is 0. The number of hydrogen-bond acceptors (Lipinski definition) is 1. The molecule has 0 aromatic heterocycles. The highest BCUT2D eigenvalue weighted by atomic mass is 35.5. The zero-order valence-corrected chi connectivity index (χ0v) is 7.30. The van der Waals surface area contributed by atoms with E-state index in [1.807, 2.05) is 0 Å². The average Bonchev–Trinajstić information content (AvgIpc) is 1.60. The van der Waals surface area contributed by atoms with Gasteiger partial charge in [0.1, 0.15) is 5.67 Å². The molecule has 0 saturated carbocycles. The van der Waals surface area contributed by atoms with Crippen molar-refractivity contribution in [3.8, 4) is 0 Å². The molecule has 0 amide bonds. The van der Waals surface area contributed by atoms with E-state index in [9.17, 15) is 4.39 Å². The third kappa shape index (κ3) is 2.43. The lowest BCUT2D eigenvalue weighted by Crippen LogP contribution is -2.56. The van der Waals surface area contributed by atoms with Gasteiger partial charge in [0.25, 0.3) is 0 Å². The zero-order chi connectivity index (χ0) is 6.91. The summed E-state index contributed by atoms with van der Waals surface area (Å²) < 4.78 is 13.1. The Morgan fingerprint density at radius 2 is 2.00 bits per heavy atom. The van der Waals surface area contributed by atoms with Crippen molar-refractivity contribution in [2.24, 2.45) is 5.92 Å². The Morgan fingerprint density at radius 1 is 1.50 bits per heavy atom. The number of halogens is 2. The molecule has 1 aliphatic rings. The molecule has 0 atom stereocenters. The highest BCUT2D eigenvalue weighted by Crippen LogP contribution is 2.24. The monoisotopic (exact) mass is 167 g/mol. The highest BCUT2D eigenvalue weighted by Gasteiger charge is 2.36. The van der Waals surface area contributed by atoms with Crippen molar-refractivity contribution in [2.45, 2.75) is 25.9 Å². The molecule has 0 aliphatic carbocycles. The van der Waals surface area contributed by atoms with Crippen LogP contribution in [0.5, 0.6) is 0 Å². The van der Waals surface area contributed by atoms with Crippen molar-refractivity contribution in [3.05, 3.63) is 0 Å². The molecule has 10 heavy (non-hydrogen) atoms. The Bertz CT molecular complexity index is 102. The van der Waals surface area contributed by atoms with Crippen molar-refractivity contribution >= 4 is 12.4 Å². The number of alkyl halides is 1. The van der Waals surface area contributed by atoms with Gasteiger partial charge in [0, 0.05) is 13.1 Å². The van der Waals surface area contributed by atoms with Crippen LogP contribution in [0, 0.1) is 5.92 Å². The first-order chi connectivity index (χ1) is 4.12. The summed E-state index contributed by atoms with van der Waals surface area (Å²) in [5, 5.41) is 2.93. The molecule has 1 N–H and O–H groups in total. The van der Waals surface area contributed by atoms with Crippen LogP contribution in [-0.4, -0.2) is 18.8 Å². The fraction of sp³-hybridized carbons (Fsp3) is 1.00. The molecule has 0 unspecified atom stereocenters. The fourth-order valence-electron chi connectivity index (χ4n) is 1.27. The average molecular weight is 168 g/mol. The van der Waals surface area contributed by atoms with Crippen LogP contribution in [0.3, 0.4) is 0 Å². The molecule has 0 bridgehead atoms. The van der Waals surface area contributed by atoms with Gasteiger partial charge in [-0.25, -0.2) is 4.39 Å². The van der Waals surface area contributed by atoms with Crippen LogP contribution < -0.4 is 5.32 Å². The van der Waals surface area contributed by atoms with Gasteiger partial charge in [0.15, 0.2) is 0 Å². The van der Waals surface area contributed by atoms with E-state index >= 15 is 0 Å². The molecule has 1 nitrogen and oxygen atoms in total. The minimum Gasteiger partial charge on any atom is -0.310 e. The van der Waals surface area contributed by atoms with Crippen LogP contribution in [0.1, 0.15) is 20.3 Å². The summed E-state index contributed by atoms with van der Waals surface area (Å²) >= 11 is 0. The van der Waals surface area contributed by atoms with Crippen LogP contribution in [0.25, 0.3) is 0 Å². The fourth-order valence-corrected chi connectivity index (χ4v) is 1.27. The predicted octanol–water partition coefficient (Wildman–Crippen LogP) is 1.77. The van der Waals surface area contributed by atoms with Gasteiger partial charge in [-0.1, -0.05) is 13.8 Å². The Morgan fingerprint density at radius 3 is 2.10 bits per heavy atom. The van der Waals surface area contributed by atoms with Gasteiger partial charge in [0.2, 0.25) is 0 Å². The lowest BCUT2D eigenvalue weighted by Gasteiger charge is -2.36. The minimum absolute atomic E-state index is 0. The van der Waals surface area contributed by atoms with E-state index < -0.39 is 5.67 Å². The normalized spacial score (nSPS) is 21.6. The summed E-state index contributed by atoms with van der Waals surface area (Å²) in [7, 11) is 0. The third-order valence-corrected chi connectivity index (χ3v) is 1.66. The van der Waals surface area contributed by atoms with E-state index in [2.05, 4.69) is 19.2 Å². The summed E-state index contributed by atoms with van der Waals surface area (Å²) in [6, 6.07) is 0. The van der Waals surface area contributed by atoms with Crippen LogP contribution in [0.15, 0.2) is 0 Å². The Labute approximate surface area is 67.8 Å². The summed E-state index contributed by atoms with van der Waals surface area (Å²) in [5.41, 5.74) is -0.867. The molecule has 1 heterocycles. The molecule has 0 spiro atoms. The van der Waals surface area contributed by atoms with Crippen molar-refractivity contribution < 1.29 is 4.39 Å². The minimum atomic E-state index is -0.867. The van der Waals surface area contributed by atoms with Gasteiger partial charge in [-0.3, -0.25) is 0 Å². The van der Waals surface area contributed by atoms with E-state index in [-0.39, 0.29) is 12.4 Å². The molecule has 1 aliphatic heterocycles. The number of rotatable bonds is 2. The third-order valence-electron chi connectivity index (χ3n) is 1.66. The topological polar surface area (TPSA) is 12.0 Å². The van der Waals surface area contributed by atoms with Crippen LogP contribution >= 0.6 is 12.4 Å². The molecule has 62 valence electrons. The second kappa shape index (κ2) is 3.54. The van der Waals surface area contributed by atoms with Gasteiger partial charge in [0.05, 0.1) is 0 Å². The maximum atomic E-state index is 13.1. The quantitative estimate of drug-likeness (QED) is 0.661. The predicted molar refractivity (Wildman–Crippen MR) is 43.4 cm³/mol.